The van der Waals surface area contributed by atoms with Gasteiger partial charge in [-0.1, -0.05) is 58.0 Å². The molecule has 2 fully saturated rings. The van der Waals surface area contributed by atoms with E-state index < -0.39 is 24.3 Å². The monoisotopic (exact) mass is 805 g/mol. The SMILES string of the molecule is COC(=O)N[C@H](C(=O)N1CCC[C@H]1c1nc2cc(CN(Cc3ccc4[nH]c([C@@H]5CCCN5C(=O)[C@@H](NC(=O)OC)C(C)C)nc4c3)c3ccccc3)ccc2[nH]1)C(C)C. The van der Waals surface area contributed by atoms with Crippen molar-refractivity contribution in [2.24, 2.45) is 11.8 Å². The highest BCUT2D eigenvalue weighted by atomic mass is 16.5. The van der Waals surface area contributed by atoms with Crippen LogP contribution in [0.4, 0.5) is 15.3 Å². The van der Waals surface area contributed by atoms with Crippen LogP contribution in [0.15, 0.2) is 66.7 Å². The number of amides is 4. The molecule has 2 aliphatic rings. The zero-order valence-corrected chi connectivity index (χ0v) is 34.7. The van der Waals surface area contributed by atoms with Gasteiger partial charge in [-0.3, -0.25) is 9.59 Å². The summed E-state index contributed by atoms with van der Waals surface area (Å²) >= 11 is 0. The minimum atomic E-state index is -0.701. The number of para-hydroxylation sites is 1. The van der Waals surface area contributed by atoms with Crippen molar-refractivity contribution in [3.05, 3.63) is 89.5 Å². The van der Waals surface area contributed by atoms with Crippen molar-refractivity contribution in [1.82, 2.24) is 40.4 Å². The Labute approximate surface area is 344 Å². The number of benzene rings is 3. The van der Waals surface area contributed by atoms with E-state index in [1.165, 1.54) is 14.2 Å². The van der Waals surface area contributed by atoms with Crippen molar-refractivity contribution in [2.75, 3.05) is 32.2 Å². The molecule has 15 heteroatoms. The Hall–Kier alpha value is -6.12. The molecule has 2 aliphatic heterocycles. The quantitative estimate of drug-likeness (QED) is 0.100. The van der Waals surface area contributed by atoms with Gasteiger partial charge in [0.1, 0.15) is 23.7 Å². The molecule has 2 saturated heterocycles. The summed E-state index contributed by atoms with van der Waals surface area (Å²) in [6, 6.07) is 20.9. The first-order valence-corrected chi connectivity index (χ1v) is 20.5. The van der Waals surface area contributed by atoms with Gasteiger partial charge in [0, 0.05) is 31.9 Å². The van der Waals surface area contributed by atoms with Crippen LogP contribution in [0, 0.1) is 11.8 Å². The normalized spacial score (nSPS) is 17.8. The number of carbonyl (C=O) groups excluding carboxylic acids is 4. The number of hydrogen-bond acceptors (Lipinski definition) is 9. The van der Waals surface area contributed by atoms with Crippen LogP contribution in [0.2, 0.25) is 0 Å². The summed E-state index contributed by atoms with van der Waals surface area (Å²) < 4.78 is 9.59. The van der Waals surface area contributed by atoms with Crippen LogP contribution in [0.3, 0.4) is 0 Å². The van der Waals surface area contributed by atoms with E-state index in [9.17, 15) is 19.2 Å². The molecule has 15 nitrogen and oxygen atoms in total. The molecule has 0 radical (unpaired) electrons. The fraction of sp³-hybridized carbons (Fsp3) is 0.455. The molecule has 0 unspecified atom stereocenters. The molecule has 312 valence electrons. The van der Waals surface area contributed by atoms with Gasteiger partial charge in [-0.15, -0.1) is 0 Å². The first-order chi connectivity index (χ1) is 28.4. The van der Waals surface area contributed by atoms with Gasteiger partial charge >= 0.3 is 12.2 Å². The maximum Gasteiger partial charge on any atom is 0.407 e. The highest BCUT2D eigenvalue weighted by Gasteiger charge is 2.39. The first-order valence-electron chi connectivity index (χ1n) is 20.5. The van der Waals surface area contributed by atoms with E-state index in [0.717, 1.165) is 76.2 Å². The molecular formula is C44H55N9O6. The molecule has 4 amide bonds. The third-order valence-electron chi connectivity index (χ3n) is 11.5. The van der Waals surface area contributed by atoms with E-state index in [2.05, 4.69) is 61.9 Å². The molecule has 5 aromatic rings. The minimum Gasteiger partial charge on any atom is -0.453 e. The topological polar surface area (TPSA) is 178 Å². The van der Waals surface area contributed by atoms with E-state index >= 15 is 0 Å². The van der Waals surface area contributed by atoms with Crippen LogP contribution in [0.1, 0.15) is 88.2 Å². The van der Waals surface area contributed by atoms with Gasteiger partial charge in [0.2, 0.25) is 11.8 Å². The average Bonchev–Trinajstić information content (AvgIpc) is 4.06. The highest BCUT2D eigenvalue weighted by Crippen LogP contribution is 2.35. The summed E-state index contributed by atoms with van der Waals surface area (Å²) in [7, 11) is 2.59. The molecule has 2 aromatic heterocycles. The third kappa shape index (κ3) is 8.98. The number of nitrogens with zero attached hydrogens (tertiary/aromatic N) is 5. The Bertz CT molecular complexity index is 2150. The van der Waals surface area contributed by atoms with E-state index in [1.54, 1.807) is 0 Å². The summed E-state index contributed by atoms with van der Waals surface area (Å²) in [6.45, 7) is 10.0. The zero-order valence-electron chi connectivity index (χ0n) is 34.7. The lowest BCUT2D eigenvalue weighted by Gasteiger charge is -2.29. The minimum absolute atomic E-state index is 0.116. The number of aromatic nitrogens is 4. The smallest absolute Gasteiger partial charge is 0.407 e. The standard InChI is InChI=1S/C44H55N9O6/c1-26(2)37(49-43(56)58-5)41(54)52-20-10-14-35(52)39-45-31-18-16-28(22-33(31)47-39)24-51(30-12-8-7-9-13-30)25-29-17-19-32-34(23-29)48-40(46-32)36-15-11-21-53(36)42(55)38(27(3)4)50-44(57)59-6/h7-9,12-13,16-19,22-23,26-27,35-38H,10-11,14-15,20-21,24-25H2,1-6H3,(H,45,47)(H,46,48)(H,49,56)(H,50,57)/t35-,36-,37-,38-/m0/s1. The summed E-state index contributed by atoms with van der Waals surface area (Å²) in [4.78, 5) is 74.5. The lowest BCUT2D eigenvalue weighted by Crippen LogP contribution is -2.51. The van der Waals surface area contributed by atoms with Crippen molar-refractivity contribution in [3.8, 4) is 0 Å². The lowest BCUT2D eigenvalue weighted by atomic mass is 10.0. The Morgan fingerprint density at radius 3 is 1.54 bits per heavy atom. The second-order valence-electron chi connectivity index (χ2n) is 16.2. The number of H-pyrrole nitrogens is 2. The first kappa shape index (κ1) is 41.1. The van der Waals surface area contributed by atoms with Crippen molar-refractivity contribution in [2.45, 2.75) is 90.6 Å². The Balaban J connectivity index is 1.09. The number of aromatic amines is 2. The predicted molar refractivity (Wildman–Crippen MR) is 224 cm³/mol. The molecule has 0 aliphatic carbocycles. The summed E-state index contributed by atoms with van der Waals surface area (Å²) in [5.74, 6) is 0.953. The number of methoxy groups -OCH3 is 2. The molecule has 59 heavy (non-hydrogen) atoms. The van der Waals surface area contributed by atoms with Crippen LogP contribution < -0.4 is 15.5 Å². The van der Waals surface area contributed by atoms with Crippen LogP contribution in [0.25, 0.3) is 22.1 Å². The number of carbonyl (C=O) groups is 4. The maximum atomic E-state index is 13.7. The van der Waals surface area contributed by atoms with Crippen LogP contribution in [-0.4, -0.2) is 93.1 Å². The Morgan fingerprint density at radius 2 is 1.14 bits per heavy atom. The van der Waals surface area contributed by atoms with Gasteiger partial charge in [0.25, 0.3) is 0 Å². The summed E-state index contributed by atoms with van der Waals surface area (Å²) in [6.07, 6.45) is 1.97. The fourth-order valence-electron chi connectivity index (χ4n) is 8.36. The molecule has 4 N–H and O–H groups in total. The molecule has 0 spiro atoms. The number of imidazole rings is 2. The maximum absolute atomic E-state index is 13.7. The van der Waals surface area contributed by atoms with Gasteiger partial charge in [-0.2, -0.15) is 0 Å². The number of rotatable bonds is 13. The zero-order chi connectivity index (χ0) is 41.8. The number of anilines is 1. The van der Waals surface area contributed by atoms with Gasteiger partial charge in [-0.05, 0) is 85.0 Å². The van der Waals surface area contributed by atoms with E-state index in [0.29, 0.717) is 26.2 Å². The second-order valence-corrected chi connectivity index (χ2v) is 16.2. The number of ether oxygens (including phenoxy) is 2. The summed E-state index contributed by atoms with van der Waals surface area (Å²) in [5.41, 5.74) is 6.66. The van der Waals surface area contributed by atoms with Crippen LogP contribution in [0.5, 0.6) is 0 Å². The second kappa shape index (κ2) is 17.8. The molecule has 4 heterocycles. The van der Waals surface area contributed by atoms with Crippen molar-refractivity contribution in [1.29, 1.82) is 0 Å². The molecule has 0 saturated carbocycles. The Kier molecular flexibility index (Phi) is 12.4. The molecule has 4 atom stereocenters. The lowest BCUT2D eigenvalue weighted by molar-refractivity contribution is -0.136. The third-order valence-corrected chi connectivity index (χ3v) is 11.5. The number of fused-ring (bicyclic) bond motifs is 2. The fourth-order valence-corrected chi connectivity index (χ4v) is 8.36. The molecule has 7 rings (SSSR count). The van der Waals surface area contributed by atoms with Gasteiger partial charge in [-0.25, -0.2) is 19.6 Å². The highest BCUT2D eigenvalue weighted by molar-refractivity contribution is 5.87. The largest absolute Gasteiger partial charge is 0.453 e. The Morgan fingerprint density at radius 1 is 0.695 bits per heavy atom. The van der Waals surface area contributed by atoms with Crippen molar-refractivity contribution < 1.29 is 28.7 Å². The molecule has 3 aromatic carbocycles. The van der Waals surface area contributed by atoms with E-state index in [4.69, 9.17) is 19.4 Å². The van der Waals surface area contributed by atoms with Gasteiger partial charge < -0.3 is 44.8 Å². The summed E-state index contributed by atoms with van der Waals surface area (Å²) in [5, 5.41) is 5.43. The van der Waals surface area contributed by atoms with Crippen LogP contribution >= 0.6 is 0 Å². The van der Waals surface area contributed by atoms with Gasteiger partial charge in [0.15, 0.2) is 0 Å². The number of hydrogen-bond donors (Lipinski definition) is 4. The van der Waals surface area contributed by atoms with E-state index in [-0.39, 0.29) is 35.7 Å². The molecule has 0 bridgehead atoms. The number of nitrogens with one attached hydrogen (secondary N) is 4. The number of alkyl carbamates (subject to hydrolysis) is 2. The van der Waals surface area contributed by atoms with Gasteiger partial charge in [0.05, 0.1) is 48.4 Å². The van der Waals surface area contributed by atoms with Crippen molar-refractivity contribution in [3.63, 3.8) is 0 Å². The molecular weight excluding hydrogens is 751 g/mol. The van der Waals surface area contributed by atoms with E-state index in [1.807, 2.05) is 67.8 Å². The van der Waals surface area contributed by atoms with Crippen molar-refractivity contribution >= 4 is 51.8 Å². The van der Waals surface area contributed by atoms with Crippen LogP contribution in [-0.2, 0) is 32.2 Å². The predicted octanol–water partition coefficient (Wildman–Crippen LogP) is 6.73. The average molecular weight is 806 g/mol. The number of likely N-dealkylation sites (tertiary alicyclic amines) is 2.